The lowest BCUT2D eigenvalue weighted by atomic mass is 10.2. The van der Waals surface area contributed by atoms with Gasteiger partial charge in [-0.25, -0.2) is 0 Å². The summed E-state index contributed by atoms with van der Waals surface area (Å²) in [5.41, 5.74) is 0.715. The van der Waals surface area contributed by atoms with Crippen molar-refractivity contribution in [2.24, 2.45) is 0 Å². The minimum Gasteiger partial charge on any atom is -0.304 e. The lowest BCUT2D eigenvalue weighted by Crippen LogP contribution is -2.28. The van der Waals surface area contributed by atoms with E-state index in [1.807, 2.05) is 34.3 Å². The van der Waals surface area contributed by atoms with Gasteiger partial charge in [-0.2, -0.15) is 0 Å². The average Bonchev–Trinajstić information content (AvgIpc) is 1.83. The highest BCUT2D eigenvalue weighted by molar-refractivity contribution is 6.67. The predicted octanol–water partition coefficient (Wildman–Crippen LogP) is 2.14. The van der Waals surface area contributed by atoms with E-state index in [1.165, 1.54) is 0 Å². The second kappa shape index (κ2) is 4.63. The van der Waals surface area contributed by atoms with Crippen LogP contribution in [-0.2, 0) is 4.79 Å². The Kier molecular flexibility index (Phi) is 4.50. The van der Waals surface area contributed by atoms with Crippen molar-refractivity contribution in [1.82, 2.24) is 0 Å². The van der Waals surface area contributed by atoms with Gasteiger partial charge in [0.2, 0.25) is 0 Å². The Balaban J connectivity index is 4.50. The van der Waals surface area contributed by atoms with Gasteiger partial charge in [0.25, 0.3) is 5.24 Å². The number of carbonyl (C=O) groups is 1. The molecule has 0 N–H and O–H groups in total. The molecule has 3 heteroatoms. The third-order valence-electron chi connectivity index (χ3n) is 1.31. The van der Waals surface area contributed by atoms with Crippen LogP contribution in [-0.4, -0.2) is 30.9 Å². The SMILES string of the molecule is CCCC(=C[N+](C)(C)C)C(=O)Cl. The van der Waals surface area contributed by atoms with Crippen molar-refractivity contribution >= 4 is 16.8 Å². The summed E-state index contributed by atoms with van der Waals surface area (Å²) in [5.74, 6) is 0. The average molecular weight is 191 g/mol. The lowest BCUT2D eigenvalue weighted by Gasteiger charge is -2.19. The van der Waals surface area contributed by atoms with E-state index in [0.29, 0.717) is 10.1 Å². The largest absolute Gasteiger partial charge is 0.304 e. The summed E-state index contributed by atoms with van der Waals surface area (Å²) in [5, 5.41) is -0.329. The topological polar surface area (TPSA) is 17.1 Å². The van der Waals surface area contributed by atoms with Crippen molar-refractivity contribution in [3.8, 4) is 0 Å². The molecule has 0 spiro atoms. The third kappa shape index (κ3) is 5.33. The van der Waals surface area contributed by atoms with Crippen LogP contribution in [0.1, 0.15) is 19.8 Å². The monoisotopic (exact) mass is 190 g/mol. The molecule has 0 fully saturated rings. The molecule has 0 saturated heterocycles. The molecule has 0 unspecified atom stereocenters. The van der Waals surface area contributed by atoms with E-state index >= 15 is 0 Å². The zero-order valence-corrected chi connectivity index (χ0v) is 8.98. The minimum absolute atomic E-state index is 0.329. The fraction of sp³-hybridized carbons (Fsp3) is 0.667. The fourth-order valence-corrected chi connectivity index (χ4v) is 1.09. The minimum atomic E-state index is -0.329. The van der Waals surface area contributed by atoms with Gasteiger partial charge in [-0.1, -0.05) is 13.3 Å². The molecule has 0 aromatic carbocycles. The summed E-state index contributed by atoms with van der Waals surface area (Å²) in [4.78, 5) is 10.9. The maximum atomic E-state index is 10.9. The Bertz CT molecular complexity index is 191. The van der Waals surface area contributed by atoms with Gasteiger partial charge in [0.1, 0.15) is 6.20 Å². The maximum Gasteiger partial charge on any atom is 0.253 e. The number of hydrogen-bond donors (Lipinski definition) is 0. The summed E-state index contributed by atoms with van der Waals surface area (Å²) in [6.07, 6.45) is 3.60. The van der Waals surface area contributed by atoms with Crippen LogP contribution in [0.4, 0.5) is 0 Å². The van der Waals surface area contributed by atoms with E-state index in [0.717, 1.165) is 12.8 Å². The second-order valence-corrected chi connectivity index (χ2v) is 4.14. The second-order valence-electron chi connectivity index (χ2n) is 3.79. The van der Waals surface area contributed by atoms with Gasteiger partial charge in [-0.3, -0.25) is 4.79 Å². The lowest BCUT2D eigenvalue weighted by molar-refractivity contribution is -0.817. The number of allylic oxidation sites excluding steroid dienone is 1. The Morgan fingerprint density at radius 3 is 2.17 bits per heavy atom. The third-order valence-corrected chi connectivity index (χ3v) is 1.56. The number of carbonyl (C=O) groups excluding carboxylic acids is 1. The summed E-state index contributed by atoms with van der Waals surface area (Å²) in [7, 11) is 5.99. The van der Waals surface area contributed by atoms with Crippen molar-refractivity contribution in [1.29, 1.82) is 0 Å². The van der Waals surface area contributed by atoms with Gasteiger partial charge in [-0.05, 0) is 18.0 Å². The van der Waals surface area contributed by atoms with Crippen LogP contribution in [0.25, 0.3) is 0 Å². The zero-order valence-electron chi connectivity index (χ0n) is 8.22. The molecule has 0 saturated carbocycles. The fourth-order valence-electron chi connectivity index (χ4n) is 0.950. The first-order valence-corrected chi connectivity index (χ1v) is 4.47. The number of hydrogen-bond acceptors (Lipinski definition) is 1. The van der Waals surface area contributed by atoms with Crippen LogP contribution in [0.3, 0.4) is 0 Å². The predicted molar refractivity (Wildman–Crippen MR) is 51.9 cm³/mol. The molecule has 0 aromatic rings. The Morgan fingerprint density at radius 1 is 1.42 bits per heavy atom. The first kappa shape index (κ1) is 11.7. The van der Waals surface area contributed by atoms with Crippen molar-refractivity contribution in [2.45, 2.75) is 19.8 Å². The normalized spacial score (nSPS) is 13.2. The molecule has 0 aliphatic carbocycles. The molecular formula is C9H17ClNO+. The Hall–Kier alpha value is -0.340. The van der Waals surface area contributed by atoms with Crippen molar-refractivity contribution in [3.63, 3.8) is 0 Å². The molecule has 0 rings (SSSR count). The Morgan fingerprint density at radius 2 is 1.92 bits per heavy atom. The molecule has 0 radical (unpaired) electrons. The van der Waals surface area contributed by atoms with Crippen LogP contribution in [0.2, 0.25) is 0 Å². The van der Waals surface area contributed by atoms with Crippen LogP contribution in [0.15, 0.2) is 11.8 Å². The van der Waals surface area contributed by atoms with Gasteiger partial charge < -0.3 is 4.48 Å². The molecule has 2 nitrogen and oxygen atoms in total. The van der Waals surface area contributed by atoms with Gasteiger partial charge in [-0.15, -0.1) is 0 Å². The molecule has 12 heavy (non-hydrogen) atoms. The molecule has 70 valence electrons. The summed E-state index contributed by atoms with van der Waals surface area (Å²) >= 11 is 5.41. The highest BCUT2D eigenvalue weighted by Gasteiger charge is 2.11. The molecule has 0 bridgehead atoms. The van der Waals surface area contributed by atoms with E-state index in [4.69, 9.17) is 11.6 Å². The summed E-state index contributed by atoms with van der Waals surface area (Å²) in [6.45, 7) is 2.03. The van der Waals surface area contributed by atoms with Crippen LogP contribution < -0.4 is 0 Å². The summed E-state index contributed by atoms with van der Waals surface area (Å²) in [6, 6.07) is 0. The quantitative estimate of drug-likeness (QED) is 0.377. The molecule has 0 aliphatic rings. The molecule has 0 atom stereocenters. The van der Waals surface area contributed by atoms with Gasteiger partial charge in [0.05, 0.1) is 26.7 Å². The number of quaternary nitrogens is 1. The van der Waals surface area contributed by atoms with E-state index in [9.17, 15) is 4.79 Å². The molecule has 0 aliphatic heterocycles. The number of nitrogens with zero attached hydrogens (tertiary/aromatic N) is 1. The van der Waals surface area contributed by atoms with E-state index in [2.05, 4.69) is 0 Å². The van der Waals surface area contributed by atoms with Gasteiger partial charge >= 0.3 is 0 Å². The van der Waals surface area contributed by atoms with E-state index < -0.39 is 0 Å². The van der Waals surface area contributed by atoms with Crippen LogP contribution >= 0.6 is 11.6 Å². The molecular weight excluding hydrogens is 174 g/mol. The highest BCUT2D eigenvalue weighted by atomic mass is 35.5. The van der Waals surface area contributed by atoms with Crippen molar-refractivity contribution in [3.05, 3.63) is 11.8 Å². The number of halogens is 1. The van der Waals surface area contributed by atoms with E-state index in [1.54, 1.807) is 0 Å². The number of rotatable bonds is 4. The first-order valence-electron chi connectivity index (χ1n) is 4.09. The Labute approximate surface area is 79.4 Å². The van der Waals surface area contributed by atoms with Crippen LogP contribution in [0, 0.1) is 0 Å². The van der Waals surface area contributed by atoms with E-state index in [-0.39, 0.29) is 5.24 Å². The first-order chi connectivity index (χ1) is 5.37. The zero-order chi connectivity index (χ0) is 9.78. The van der Waals surface area contributed by atoms with Gasteiger partial charge in [0.15, 0.2) is 0 Å². The molecule has 0 aromatic heterocycles. The molecule has 0 amide bonds. The maximum absolute atomic E-state index is 10.9. The molecule has 0 heterocycles. The standard InChI is InChI=1S/C9H17ClNO/c1-5-6-8(9(10)12)7-11(2,3)4/h7H,5-6H2,1-4H3/q+1. The van der Waals surface area contributed by atoms with Crippen molar-refractivity contribution in [2.75, 3.05) is 21.1 Å². The van der Waals surface area contributed by atoms with Crippen LogP contribution in [0.5, 0.6) is 0 Å². The summed E-state index contributed by atoms with van der Waals surface area (Å²) < 4.78 is 0.633. The van der Waals surface area contributed by atoms with Crippen molar-refractivity contribution < 1.29 is 9.28 Å². The highest BCUT2D eigenvalue weighted by Crippen LogP contribution is 2.11. The smallest absolute Gasteiger partial charge is 0.253 e. The van der Waals surface area contributed by atoms with Gasteiger partial charge in [0, 0.05) is 0 Å².